The van der Waals surface area contributed by atoms with E-state index in [4.69, 9.17) is 5.73 Å². The number of fused-ring (bicyclic) bond motifs is 1. The Labute approximate surface area is 124 Å². The summed E-state index contributed by atoms with van der Waals surface area (Å²) in [5.41, 5.74) is 11.2. The molecule has 2 heterocycles. The van der Waals surface area contributed by atoms with Gasteiger partial charge in [0.25, 0.3) is 5.91 Å². The summed E-state index contributed by atoms with van der Waals surface area (Å²) in [5.74, 6) is 0.0182. The van der Waals surface area contributed by atoms with Gasteiger partial charge in [0.05, 0.1) is 11.3 Å². The molecule has 5 heteroatoms. The fourth-order valence-electron chi connectivity index (χ4n) is 3.08. The third kappa shape index (κ3) is 2.09. The molecule has 5 nitrogen and oxygen atoms in total. The first-order valence-electron chi connectivity index (χ1n) is 7.20. The van der Waals surface area contributed by atoms with E-state index < -0.39 is 0 Å². The molecule has 0 bridgehead atoms. The lowest BCUT2D eigenvalue weighted by molar-refractivity contribution is 0.0984. The number of rotatable bonds is 1. The van der Waals surface area contributed by atoms with Gasteiger partial charge in [0, 0.05) is 30.7 Å². The van der Waals surface area contributed by atoms with Gasteiger partial charge in [-0.25, -0.2) is 0 Å². The lowest BCUT2D eigenvalue weighted by Gasteiger charge is -2.30. The van der Waals surface area contributed by atoms with Gasteiger partial charge < -0.3 is 10.6 Å². The second-order valence-corrected chi connectivity index (χ2v) is 5.57. The van der Waals surface area contributed by atoms with Gasteiger partial charge in [-0.1, -0.05) is 6.07 Å². The zero-order valence-corrected chi connectivity index (χ0v) is 12.7. The number of aryl methyl sites for hydroxylation is 2. The molecule has 1 amide bonds. The van der Waals surface area contributed by atoms with Gasteiger partial charge >= 0.3 is 0 Å². The summed E-state index contributed by atoms with van der Waals surface area (Å²) >= 11 is 0. The number of benzene rings is 1. The maximum absolute atomic E-state index is 13.0. The van der Waals surface area contributed by atoms with Crippen LogP contribution in [0.25, 0.3) is 0 Å². The molecular formula is C16H20N4O. The fourth-order valence-corrected chi connectivity index (χ4v) is 3.08. The monoisotopic (exact) mass is 284 g/mol. The van der Waals surface area contributed by atoms with Crippen molar-refractivity contribution in [1.29, 1.82) is 0 Å². The van der Waals surface area contributed by atoms with E-state index in [1.165, 1.54) is 0 Å². The molecule has 0 unspecified atom stereocenters. The lowest BCUT2D eigenvalue weighted by atomic mass is 9.99. The maximum atomic E-state index is 13.0. The van der Waals surface area contributed by atoms with E-state index in [0.29, 0.717) is 5.56 Å². The van der Waals surface area contributed by atoms with Crippen LogP contribution in [0.1, 0.15) is 33.7 Å². The van der Waals surface area contributed by atoms with Gasteiger partial charge in [-0.3, -0.25) is 9.48 Å². The van der Waals surface area contributed by atoms with Gasteiger partial charge in [0.1, 0.15) is 0 Å². The van der Waals surface area contributed by atoms with Crippen LogP contribution >= 0.6 is 0 Å². The number of hydrogen-bond acceptors (Lipinski definition) is 3. The van der Waals surface area contributed by atoms with Crippen molar-refractivity contribution < 1.29 is 4.79 Å². The first-order chi connectivity index (χ1) is 10.0. The second kappa shape index (κ2) is 4.91. The third-order valence-corrected chi connectivity index (χ3v) is 4.25. The van der Waals surface area contributed by atoms with Crippen LogP contribution in [0, 0.1) is 13.8 Å². The fraction of sp³-hybridized carbons (Fsp3) is 0.375. The summed E-state index contributed by atoms with van der Waals surface area (Å²) in [6.45, 7) is 4.53. The van der Waals surface area contributed by atoms with Crippen LogP contribution in [0.15, 0.2) is 18.2 Å². The molecule has 0 radical (unpaired) electrons. The molecular weight excluding hydrogens is 264 g/mol. The molecule has 1 aliphatic rings. The first-order valence-corrected chi connectivity index (χ1v) is 7.20. The zero-order chi connectivity index (χ0) is 15.1. The van der Waals surface area contributed by atoms with Gasteiger partial charge in [-0.15, -0.1) is 0 Å². The first kappa shape index (κ1) is 13.7. The highest BCUT2D eigenvalue weighted by molar-refractivity contribution is 6.08. The Morgan fingerprint density at radius 2 is 2.10 bits per heavy atom. The van der Waals surface area contributed by atoms with Crippen LogP contribution in [0.5, 0.6) is 0 Å². The summed E-state index contributed by atoms with van der Waals surface area (Å²) < 4.78 is 1.76. The normalized spacial score (nSPS) is 14.1. The van der Waals surface area contributed by atoms with Crippen molar-refractivity contribution in [3.63, 3.8) is 0 Å². The Hall–Kier alpha value is -2.30. The summed E-state index contributed by atoms with van der Waals surface area (Å²) in [6.07, 6.45) is 1.86. The summed E-state index contributed by atoms with van der Waals surface area (Å²) in [7, 11) is 1.86. The number of carbonyl (C=O) groups excluding carboxylic acids is 1. The van der Waals surface area contributed by atoms with E-state index in [9.17, 15) is 4.79 Å². The molecule has 0 fully saturated rings. The van der Waals surface area contributed by atoms with Crippen molar-refractivity contribution in [3.05, 3.63) is 40.7 Å². The predicted molar refractivity (Wildman–Crippen MR) is 83.5 cm³/mol. The quantitative estimate of drug-likeness (QED) is 0.817. The van der Waals surface area contributed by atoms with E-state index in [1.807, 2.05) is 44.0 Å². The summed E-state index contributed by atoms with van der Waals surface area (Å²) in [6, 6.07) is 5.78. The SMILES string of the molecule is Cc1nn(C)c(C)c1C(=O)N1CCCc2c(N)cccc21. The Balaban J connectivity index is 2.07. The average molecular weight is 284 g/mol. The van der Waals surface area contributed by atoms with Crippen molar-refractivity contribution in [3.8, 4) is 0 Å². The standard InChI is InChI=1S/C16H20N4O/c1-10-15(11(2)19(3)18-10)16(21)20-9-5-6-12-13(17)7-4-8-14(12)20/h4,7-8H,5-6,9,17H2,1-3H3. The molecule has 21 heavy (non-hydrogen) atoms. The minimum atomic E-state index is 0.0182. The molecule has 0 atom stereocenters. The average Bonchev–Trinajstić information content (AvgIpc) is 2.71. The molecule has 2 N–H and O–H groups in total. The van der Waals surface area contributed by atoms with Crippen molar-refractivity contribution in [2.75, 3.05) is 17.2 Å². The minimum Gasteiger partial charge on any atom is -0.398 e. The van der Waals surface area contributed by atoms with Gasteiger partial charge in [-0.05, 0) is 44.4 Å². The largest absolute Gasteiger partial charge is 0.398 e. The highest BCUT2D eigenvalue weighted by Gasteiger charge is 2.28. The molecule has 0 saturated carbocycles. The molecule has 1 aliphatic heterocycles. The van der Waals surface area contributed by atoms with E-state index in [1.54, 1.807) is 4.68 Å². The number of hydrogen-bond donors (Lipinski definition) is 1. The number of nitrogen functional groups attached to an aromatic ring is 1. The Bertz CT molecular complexity index is 717. The molecule has 0 spiro atoms. The van der Waals surface area contributed by atoms with Crippen molar-refractivity contribution >= 4 is 17.3 Å². The summed E-state index contributed by atoms with van der Waals surface area (Å²) in [5, 5.41) is 4.34. The third-order valence-electron chi connectivity index (χ3n) is 4.25. The minimum absolute atomic E-state index is 0.0182. The van der Waals surface area contributed by atoms with E-state index in [-0.39, 0.29) is 5.91 Å². The maximum Gasteiger partial charge on any atom is 0.262 e. The molecule has 1 aromatic carbocycles. The van der Waals surface area contributed by atoms with Gasteiger partial charge in [-0.2, -0.15) is 5.10 Å². The van der Waals surface area contributed by atoms with Crippen molar-refractivity contribution in [1.82, 2.24) is 9.78 Å². The Morgan fingerprint density at radius 3 is 2.76 bits per heavy atom. The highest BCUT2D eigenvalue weighted by atomic mass is 16.2. The number of nitrogens with zero attached hydrogens (tertiary/aromatic N) is 3. The molecule has 1 aromatic heterocycles. The lowest BCUT2D eigenvalue weighted by Crippen LogP contribution is -2.36. The molecule has 110 valence electrons. The topological polar surface area (TPSA) is 64.2 Å². The van der Waals surface area contributed by atoms with Crippen LogP contribution in [0.2, 0.25) is 0 Å². The van der Waals surface area contributed by atoms with E-state index >= 15 is 0 Å². The Morgan fingerprint density at radius 1 is 1.33 bits per heavy atom. The van der Waals surface area contributed by atoms with E-state index in [2.05, 4.69) is 5.10 Å². The predicted octanol–water partition coefficient (Wildman–Crippen LogP) is 2.21. The van der Waals surface area contributed by atoms with Gasteiger partial charge in [0.2, 0.25) is 0 Å². The molecule has 3 rings (SSSR count). The second-order valence-electron chi connectivity index (χ2n) is 5.57. The Kier molecular flexibility index (Phi) is 3.20. The van der Waals surface area contributed by atoms with Crippen molar-refractivity contribution in [2.24, 2.45) is 7.05 Å². The molecule has 2 aromatic rings. The van der Waals surface area contributed by atoms with Crippen LogP contribution in [0.3, 0.4) is 0 Å². The molecule has 0 saturated heterocycles. The summed E-state index contributed by atoms with van der Waals surface area (Å²) in [4.78, 5) is 14.8. The number of aromatic nitrogens is 2. The number of anilines is 2. The van der Waals surface area contributed by atoms with Crippen LogP contribution in [0.4, 0.5) is 11.4 Å². The van der Waals surface area contributed by atoms with E-state index in [0.717, 1.165) is 47.7 Å². The van der Waals surface area contributed by atoms with Crippen molar-refractivity contribution in [2.45, 2.75) is 26.7 Å². The molecule has 0 aliphatic carbocycles. The van der Waals surface area contributed by atoms with Crippen LogP contribution < -0.4 is 10.6 Å². The highest BCUT2D eigenvalue weighted by Crippen LogP contribution is 2.32. The van der Waals surface area contributed by atoms with Crippen LogP contribution in [-0.4, -0.2) is 22.2 Å². The number of amides is 1. The zero-order valence-electron chi connectivity index (χ0n) is 12.7. The smallest absolute Gasteiger partial charge is 0.262 e. The number of carbonyl (C=O) groups is 1. The van der Waals surface area contributed by atoms with Crippen LogP contribution in [-0.2, 0) is 13.5 Å². The number of nitrogens with two attached hydrogens (primary N) is 1. The van der Waals surface area contributed by atoms with Gasteiger partial charge in [0.15, 0.2) is 0 Å².